The zero-order valence-corrected chi connectivity index (χ0v) is 26.7. The van der Waals surface area contributed by atoms with Crippen LogP contribution < -0.4 is 4.90 Å². The molecule has 10 heteroatoms. The first-order chi connectivity index (χ1) is 20.7. The van der Waals surface area contributed by atoms with E-state index in [1.54, 1.807) is 35.6 Å². The van der Waals surface area contributed by atoms with Gasteiger partial charge < -0.3 is 14.4 Å². The number of aryl methyl sites for hydroxylation is 1. The molecule has 0 spiro atoms. The van der Waals surface area contributed by atoms with Crippen molar-refractivity contribution in [1.82, 2.24) is 24.6 Å². The third-order valence-electron chi connectivity index (χ3n) is 8.84. The summed E-state index contributed by atoms with van der Waals surface area (Å²) in [5.41, 5.74) is 1.94. The van der Waals surface area contributed by atoms with E-state index < -0.39 is 11.7 Å². The second-order valence-electron chi connectivity index (χ2n) is 11.7. The summed E-state index contributed by atoms with van der Waals surface area (Å²) in [7, 11) is 3.64. The van der Waals surface area contributed by atoms with Crippen LogP contribution in [0, 0.1) is 11.8 Å². The molecule has 234 valence electrons. The first-order valence-corrected chi connectivity index (χ1v) is 16.0. The van der Waals surface area contributed by atoms with Gasteiger partial charge in [0.25, 0.3) is 0 Å². The summed E-state index contributed by atoms with van der Waals surface area (Å²) >= 11 is 3.53. The molecule has 2 aliphatic heterocycles. The van der Waals surface area contributed by atoms with Crippen molar-refractivity contribution in [3.63, 3.8) is 0 Å². The number of piperidine rings is 1. The molecule has 1 aromatic heterocycles. The highest BCUT2D eigenvalue weighted by atomic mass is 32.1. The van der Waals surface area contributed by atoms with Crippen molar-refractivity contribution >= 4 is 18.3 Å². The molecule has 1 aliphatic carbocycles. The van der Waals surface area contributed by atoms with Crippen LogP contribution in [0.3, 0.4) is 0 Å². The number of rotatable bonds is 9. The van der Waals surface area contributed by atoms with Crippen molar-refractivity contribution in [2.75, 3.05) is 37.8 Å². The van der Waals surface area contributed by atoms with Gasteiger partial charge in [-0.2, -0.15) is 25.8 Å². The van der Waals surface area contributed by atoms with E-state index in [0.29, 0.717) is 18.0 Å². The average Bonchev–Trinajstić information content (AvgIpc) is 3.40. The molecule has 5 rings (SSSR count). The first-order valence-electron chi connectivity index (χ1n) is 15.1. The standard InChI is InChI=1S/C32H41F3N6.CH4S/c1-5-23-15-26(16-23)30(31-37-36-22-39(31)4)25-11-10-12-27(18-25)41(6-2)21-29-28(32(33,34)35)17-24(19-38(29)3)20-40-13-8-7-9-14-40;1-2/h6,10-12,17-19,21-23,26,30H,2,5,7-9,13-16,20H2,1,3-4H3;2H,1H3/b29-21-;. The lowest BCUT2D eigenvalue weighted by atomic mass is 9.65. The molecule has 1 saturated carbocycles. The van der Waals surface area contributed by atoms with Crippen LogP contribution in [0.5, 0.6) is 0 Å². The molecular formula is C33H45F3N6S. The summed E-state index contributed by atoms with van der Waals surface area (Å²) in [6.45, 7) is 8.54. The molecule has 0 amide bonds. The van der Waals surface area contributed by atoms with Crippen molar-refractivity contribution in [3.05, 3.63) is 90.1 Å². The van der Waals surface area contributed by atoms with Gasteiger partial charge in [-0.25, -0.2) is 0 Å². The summed E-state index contributed by atoms with van der Waals surface area (Å²) in [6.07, 6.45) is 11.9. The molecule has 43 heavy (non-hydrogen) atoms. The third-order valence-corrected chi connectivity index (χ3v) is 8.84. The van der Waals surface area contributed by atoms with Crippen LogP contribution in [-0.2, 0) is 7.05 Å². The minimum absolute atomic E-state index is 0.0628. The van der Waals surface area contributed by atoms with E-state index in [1.807, 2.05) is 29.9 Å². The van der Waals surface area contributed by atoms with Gasteiger partial charge in [0.1, 0.15) is 12.2 Å². The van der Waals surface area contributed by atoms with Gasteiger partial charge in [-0.15, -0.1) is 10.2 Å². The summed E-state index contributed by atoms with van der Waals surface area (Å²) in [4.78, 5) is 5.51. The Morgan fingerprint density at radius 1 is 1.14 bits per heavy atom. The van der Waals surface area contributed by atoms with E-state index in [9.17, 15) is 13.2 Å². The number of hydrogen-bond donors (Lipinski definition) is 1. The lowest BCUT2D eigenvalue weighted by molar-refractivity contribution is -0.0912. The van der Waals surface area contributed by atoms with Crippen molar-refractivity contribution in [2.24, 2.45) is 18.9 Å². The summed E-state index contributed by atoms with van der Waals surface area (Å²) in [5, 5.41) is 8.58. The Morgan fingerprint density at radius 3 is 2.47 bits per heavy atom. The highest BCUT2D eigenvalue weighted by molar-refractivity contribution is 7.79. The Morgan fingerprint density at radius 2 is 1.86 bits per heavy atom. The smallest absolute Gasteiger partial charge is 0.349 e. The number of halogens is 3. The van der Waals surface area contributed by atoms with Gasteiger partial charge in [0.05, 0.1) is 11.3 Å². The Hall–Kier alpha value is -2.98. The van der Waals surface area contributed by atoms with Crippen molar-refractivity contribution in [1.29, 1.82) is 0 Å². The van der Waals surface area contributed by atoms with Crippen molar-refractivity contribution in [3.8, 4) is 0 Å². The predicted octanol–water partition coefficient (Wildman–Crippen LogP) is 7.52. The van der Waals surface area contributed by atoms with Crippen LogP contribution in [0.4, 0.5) is 18.9 Å². The fourth-order valence-corrected chi connectivity index (χ4v) is 6.50. The maximum atomic E-state index is 14.4. The fourth-order valence-electron chi connectivity index (χ4n) is 6.50. The maximum absolute atomic E-state index is 14.4. The molecule has 0 N–H and O–H groups in total. The monoisotopic (exact) mass is 614 g/mol. The number of likely N-dealkylation sites (N-methyl/N-ethyl adjacent to an activating group) is 1. The lowest BCUT2D eigenvalue weighted by Gasteiger charge is -2.40. The molecule has 2 aromatic rings. The van der Waals surface area contributed by atoms with Gasteiger partial charge in [0, 0.05) is 50.8 Å². The first kappa shape index (κ1) is 32.9. The Kier molecular flexibility index (Phi) is 11.2. The molecular weight excluding hydrogens is 569 g/mol. The Balaban J connectivity index is 0.00000207. The number of aromatic nitrogens is 3. The second kappa shape index (κ2) is 14.7. The van der Waals surface area contributed by atoms with Crippen LogP contribution in [-0.4, -0.2) is 63.7 Å². The molecule has 1 atom stereocenters. The molecule has 3 heterocycles. The zero-order chi connectivity index (χ0) is 31.1. The van der Waals surface area contributed by atoms with Crippen molar-refractivity contribution < 1.29 is 13.2 Å². The molecule has 1 saturated heterocycles. The molecule has 3 aliphatic rings. The highest BCUT2D eigenvalue weighted by Crippen LogP contribution is 2.47. The van der Waals surface area contributed by atoms with Gasteiger partial charge in [0.15, 0.2) is 0 Å². The number of anilines is 1. The maximum Gasteiger partial charge on any atom is 0.418 e. The van der Waals surface area contributed by atoms with E-state index in [0.717, 1.165) is 68.2 Å². The van der Waals surface area contributed by atoms with Gasteiger partial charge >= 0.3 is 6.18 Å². The van der Waals surface area contributed by atoms with E-state index in [-0.39, 0.29) is 11.6 Å². The van der Waals surface area contributed by atoms with E-state index in [1.165, 1.54) is 18.7 Å². The van der Waals surface area contributed by atoms with Crippen LogP contribution in [0.15, 0.2) is 78.7 Å². The minimum atomic E-state index is -4.49. The normalized spacial score (nSPS) is 22.6. The fraction of sp³-hybridized carbons (Fsp3) is 0.515. The molecule has 1 unspecified atom stereocenters. The molecule has 2 fully saturated rings. The topological polar surface area (TPSA) is 40.4 Å². The number of likely N-dealkylation sites (tertiary alicyclic amines) is 1. The van der Waals surface area contributed by atoms with Crippen LogP contribution in [0.1, 0.15) is 62.8 Å². The largest absolute Gasteiger partial charge is 0.418 e. The van der Waals surface area contributed by atoms with Gasteiger partial charge in [-0.1, -0.05) is 38.5 Å². The van der Waals surface area contributed by atoms with Crippen LogP contribution >= 0.6 is 12.6 Å². The number of thiol groups is 1. The summed E-state index contributed by atoms with van der Waals surface area (Å²) in [6, 6.07) is 8.00. The SMILES string of the molecule is C=CN(/C=C1/C(C(F)(F)F)=CC(CN2CCCCC2)=CN1C)c1cccc(C(c2nncn2C)C2CC(CC)C2)c1.CS. The quantitative estimate of drug-likeness (QED) is 0.296. The number of alkyl halides is 3. The number of hydrogen-bond acceptors (Lipinski definition) is 6. The number of allylic oxidation sites excluding steroid dienone is 1. The number of nitrogens with zero attached hydrogens (tertiary/aromatic N) is 6. The highest BCUT2D eigenvalue weighted by Gasteiger charge is 2.40. The van der Waals surface area contributed by atoms with Gasteiger partial charge in [-0.3, -0.25) is 4.90 Å². The minimum Gasteiger partial charge on any atom is -0.349 e. The predicted molar refractivity (Wildman–Crippen MR) is 172 cm³/mol. The van der Waals surface area contributed by atoms with Crippen LogP contribution in [0.2, 0.25) is 0 Å². The van der Waals surface area contributed by atoms with Crippen molar-refractivity contribution in [2.45, 2.75) is 57.5 Å². The van der Waals surface area contributed by atoms with E-state index >= 15 is 0 Å². The average molecular weight is 615 g/mol. The molecule has 1 aromatic carbocycles. The zero-order valence-electron chi connectivity index (χ0n) is 25.8. The second-order valence-corrected chi connectivity index (χ2v) is 11.7. The van der Waals surface area contributed by atoms with Gasteiger partial charge in [-0.05, 0) is 86.2 Å². The summed E-state index contributed by atoms with van der Waals surface area (Å²) in [5.74, 6) is 2.13. The third kappa shape index (κ3) is 7.76. The van der Waals surface area contributed by atoms with Gasteiger partial charge in [0.2, 0.25) is 0 Å². The molecule has 0 bridgehead atoms. The molecule has 0 radical (unpaired) electrons. The Labute approximate surface area is 260 Å². The van der Waals surface area contributed by atoms with Crippen LogP contribution in [0.25, 0.3) is 0 Å². The number of benzene rings is 1. The van der Waals surface area contributed by atoms with E-state index in [4.69, 9.17) is 0 Å². The lowest BCUT2D eigenvalue weighted by Crippen LogP contribution is -2.34. The molecule has 6 nitrogen and oxygen atoms in total. The van der Waals surface area contributed by atoms with E-state index in [2.05, 4.69) is 53.4 Å². The summed E-state index contributed by atoms with van der Waals surface area (Å²) < 4.78 is 45.2. The Bertz CT molecular complexity index is 1320.